The molecule has 0 aliphatic rings. The van der Waals surface area contributed by atoms with Gasteiger partial charge in [-0.15, -0.1) is 0 Å². The van der Waals surface area contributed by atoms with Crippen molar-refractivity contribution in [2.75, 3.05) is 17.7 Å². The summed E-state index contributed by atoms with van der Waals surface area (Å²) in [6.45, 7) is 0. The van der Waals surface area contributed by atoms with E-state index in [2.05, 4.69) is 20.6 Å². The topological polar surface area (TPSA) is 119 Å². The lowest BCUT2D eigenvalue weighted by molar-refractivity contribution is -0.383. The second kappa shape index (κ2) is 8.72. The minimum Gasteiger partial charge on any atom is -0.465 e. The zero-order valence-corrected chi connectivity index (χ0v) is 16.4. The molecular weight excluding hydrogens is 421 g/mol. The standard InChI is InChI=1S/C18H13Cl2N5O4/c1-29-18(26)13-4-2-3-5-14(13)24-17-15(25(27)28)16(21-9-22-17)23-12-7-10(19)6-11(20)8-12/h2-9H,1H3,(H2,21,22,23,24). The molecule has 0 bridgehead atoms. The molecule has 2 N–H and O–H groups in total. The van der Waals surface area contributed by atoms with Crippen molar-refractivity contribution >= 4 is 57.9 Å². The van der Waals surface area contributed by atoms with Crippen molar-refractivity contribution in [1.29, 1.82) is 0 Å². The number of hydrogen-bond donors (Lipinski definition) is 2. The molecule has 0 unspecified atom stereocenters. The quantitative estimate of drug-likeness (QED) is 0.317. The summed E-state index contributed by atoms with van der Waals surface area (Å²) in [6, 6.07) is 11.0. The average Bonchev–Trinajstić information content (AvgIpc) is 2.67. The van der Waals surface area contributed by atoms with Gasteiger partial charge >= 0.3 is 11.7 Å². The third kappa shape index (κ3) is 4.71. The molecule has 2 aromatic carbocycles. The second-order valence-electron chi connectivity index (χ2n) is 5.62. The molecule has 148 valence electrons. The Morgan fingerprint density at radius 1 is 1.07 bits per heavy atom. The lowest BCUT2D eigenvalue weighted by atomic mass is 10.2. The minimum absolute atomic E-state index is 0.0821. The van der Waals surface area contributed by atoms with Gasteiger partial charge in [-0.05, 0) is 30.3 Å². The summed E-state index contributed by atoms with van der Waals surface area (Å²) in [4.78, 5) is 30.9. The Kier molecular flexibility index (Phi) is 6.10. The summed E-state index contributed by atoms with van der Waals surface area (Å²) in [5.74, 6) is -0.796. The molecule has 9 nitrogen and oxygen atoms in total. The molecule has 0 radical (unpaired) electrons. The Bertz CT molecular complexity index is 1070. The largest absolute Gasteiger partial charge is 0.465 e. The number of halogens is 2. The highest BCUT2D eigenvalue weighted by atomic mass is 35.5. The van der Waals surface area contributed by atoms with E-state index >= 15 is 0 Å². The molecule has 1 aromatic heterocycles. The van der Waals surface area contributed by atoms with Gasteiger partial charge in [-0.2, -0.15) is 0 Å². The number of methoxy groups -OCH3 is 1. The van der Waals surface area contributed by atoms with Crippen LogP contribution in [-0.2, 0) is 4.74 Å². The van der Waals surface area contributed by atoms with Crippen molar-refractivity contribution < 1.29 is 14.5 Å². The van der Waals surface area contributed by atoms with E-state index in [1.165, 1.54) is 19.2 Å². The van der Waals surface area contributed by atoms with Crippen LogP contribution in [0.5, 0.6) is 0 Å². The summed E-state index contributed by atoms with van der Waals surface area (Å²) < 4.78 is 4.73. The number of nitrogens with zero attached hydrogens (tertiary/aromatic N) is 3. The Labute approximate surface area is 174 Å². The summed E-state index contributed by atoms with van der Waals surface area (Å²) >= 11 is 11.9. The van der Waals surface area contributed by atoms with Gasteiger partial charge in [0.1, 0.15) is 6.33 Å². The van der Waals surface area contributed by atoms with Crippen molar-refractivity contribution in [2.24, 2.45) is 0 Å². The first-order valence-electron chi connectivity index (χ1n) is 8.06. The van der Waals surface area contributed by atoms with Gasteiger partial charge in [0.15, 0.2) is 0 Å². The SMILES string of the molecule is COC(=O)c1ccccc1Nc1ncnc(Nc2cc(Cl)cc(Cl)c2)c1[N+](=O)[O-]. The molecule has 0 aliphatic carbocycles. The third-order valence-electron chi connectivity index (χ3n) is 3.72. The smallest absolute Gasteiger partial charge is 0.353 e. The van der Waals surface area contributed by atoms with Gasteiger partial charge in [-0.1, -0.05) is 35.3 Å². The van der Waals surface area contributed by atoms with E-state index in [-0.39, 0.29) is 22.9 Å². The molecule has 3 aromatic rings. The van der Waals surface area contributed by atoms with Crippen LogP contribution in [0.15, 0.2) is 48.8 Å². The van der Waals surface area contributed by atoms with E-state index in [0.29, 0.717) is 15.7 Å². The molecule has 0 saturated heterocycles. The van der Waals surface area contributed by atoms with Crippen LogP contribution in [0.1, 0.15) is 10.4 Å². The van der Waals surface area contributed by atoms with Crippen LogP contribution in [-0.4, -0.2) is 28.0 Å². The first-order valence-corrected chi connectivity index (χ1v) is 8.81. The van der Waals surface area contributed by atoms with E-state index in [1.54, 1.807) is 30.3 Å². The average molecular weight is 434 g/mol. The second-order valence-corrected chi connectivity index (χ2v) is 6.49. The molecule has 1 heterocycles. The fraction of sp³-hybridized carbons (Fsp3) is 0.0556. The molecule has 29 heavy (non-hydrogen) atoms. The first-order chi connectivity index (χ1) is 13.9. The monoisotopic (exact) mass is 433 g/mol. The Morgan fingerprint density at radius 3 is 2.31 bits per heavy atom. The number of anilines is 4. The first kappa shape index (κ1) is 20.3. The van der Waals surface area contributed by atoms with Crippen molar-refractivity contribution in [1.82, 2.24) is 9.97 Å². The van der Waals surface area contributed by atoms with Crippen molar-refractivity contribution in [3.8, 4) is 0 Å². The number of hydrogen-bond acceptors (Lipinski definition) is 8. The number of para-hydroxylation sites is 1. The Morgan fingerprint density at radius 2 is 1.69 bits per heavy atom. The summed E-state index contributed by atoms with van der Waals surface area (Å²) in [6.07, 6.45) is 1.14. The third-order valence-corrected chi connectivity index (χ3v) is 4.15. The Balaban J connectivity index is 2.02. The highest BCUT2D eigenvalue weighted by Gasteiger charge is 2.24. The van der Waals surface area contributed by atoms with Crippen molar-refractivity contribution in [2.45, 2.75) is 0 Å². The van der Waals surface area contributed by atoms with Crippen LogP contribution in [0, 0.1) is 10.1 Å². The van der Waals surface area contributed by atoms with Crippen LogP contribution < -0.4 is 10.6 Å². The number of aromatic nitrogens is 2. The van der Waals surface area contributed by atoms with Crippen LogP contribution in [0.2, 0.25) is 10.0 Å². The van der Waals surface area contributed by atoms with E-state index in [1.807, 2.05) is 0 Å². The van der Waals surface area contributed by atoms with Gasteiger partial charge in [-0.3, -0.25) is 10.1 Å². The zero-order chi connectivity index (χ0) is 21.0. The highest BCUT2D eigenvalue weighted by molar-refractivity contribution is 6.35. The van der Waals surface area contributed by atoms with Gasteiger partial charge in [0.05, 0.1) is 23.3 Å². The molecule has 0 atom stereocenters. The number of carbonyl (C=O) groups is 1. The number of carbonyl (C=O) groups excluding carboxylic acids is 1. The normalized spacial score (nSPS) is 10.3. The predicted octanol–water partition coefficient (Wildman–Crippen LogP) is 4.97. The summed E-state index contributed by atoms with van der Waals surface area (Å²) in [5, 5.41) is 18.0. The summed E-state index contributed by atoms with van der Waals surface area (Å²) in [5.41, 5.74) is 0.463. The van der Waals surface area contributed by atoms with Crippen molar-refractivity contribution in [3.63, 3.8) is 0 Å². The number of nitrogens with one attached hydrogen (secondary N) is 2. The fourth-order valence-electron chi connectivity index (χ4n) is 2.51. The molecule has 0 amide bonds. The fourth-order valence-corrected chi connectivity index (χ4v) is 3.03. The van der Waals surface area contributed by atoms with Gasteiger partial charge in [0.25, 0.3) is 0 Å². The van der Waals surface area contributed by atoms with E-state index < -0.39 is 16.6 Å². The Hall–Kier alpha value is -3.43. The molecule has 3 rings (SSSR count). The zero-order valence-electron chi connectivity index (χ0n) is 14.8. The molecule has 0 spiro atoms. The van der Waals surface area contributed by atoms with E-state index in [0.717, 1.165) is 6.33 Å². The van der Waals surface area contributed by atoms with Gasteiger partial charge < -0.3 is 15.4 Å². The number of benzene rings is 2. The van der Waals surface area contributed by atoms with Crippen LogP contribution >= 0.6 is 23.2 Å². The molecule has 11 heteroatoms. The van der Waals surface area contributed by atoms with Gasteiger partial charge in [0.2, 0.25) is 11.6 Å². The number of ether oxygens (including phenoxy) is 1. The molecule has 0 saturated carbocycles. The number of nitro groups is 1. The predicted molar refractivity (Wildman–Crippen MR) is 109 cm³/mol. The summed E-state index contributed by atoms with van der Waals surface area (Å²) in [7, 11) is 1.24. The van der Waals surface area contributed by atoms with Gasteiger partial charge in [-0.25, -0.2) is 14.8 Å². The van der Waals surface area contributed by atoms with Gasteiger partial charge in [0, 0.05) is 15.7 Å². The minimum atomic E-state index is -0.641. The van der Waals surface area contributed by atoms with Crippen molar-refractivity contribution in [3.05, 3.63) is 74.5 Å². The lowest BCUT2D eigenvalue weighted by Crippen LogP contribution is -2.09. The maximum atomic E-state index is 11.9. The maximum Gasteiger partial charge on any atom is 0.353 e. The van der Waals surface area contributed by atoms with E-state index in [9.17, 15) is 14.9 Å². The number of rotatable bonds is 6. The lowest BCUT2D eigenvalue weighted by Gasteiger charge is -2.12. The highest BCUT2D eigenvalue weighted by Crippen LogP contribution is 2.34. The molecule has 0 aliphatic heterocycles. The van der Waals surface area contributed by atoms with Crippen LogP contribution in [0.4, 0.5) is 28.7 Å². The van der Waals surface area contributed by atoms with E-state index in [4.69, 9.17) is 27.9 Å². The van der Waals surface area contributed by atoms with Crippen LogP contribution in [0.3, 0.4) is 0 Å². The maximum absolute atomic E-state index is 11.9. The number of esters is 1. The molecule has 0 fully saturated rings. The molecular formula is C18H13Cl2N5O4. The van der Waals surface area contributed by atoms with Crippen LogP contribution in [0.25, 0.3) is 0 Å².